The van der Waals surface area contributed by atoms with E-state index in [1.165, 1.54) is 11.0 Å². The third-order valence-electron chi connectivity index (χ3n) is 4.15. The number of anilines is 1. The van der Waals surface area contributed by atoms with E-state index >= 15 is 0 Å². The van der Waals surface area contributed by atoms with Crippen molar-refractivity contribution in [3.8, 4) is 0 Å². The summed E-state index contributed by atoms with van der Waals surface area (Å²) < 4.78 is 14.2. The number of nitrogens with zero attached hydrogens (tertiary/aromatic N) is 1. The molecule has 1 aliphatic rings. The maximum absolute atomic E-state index is 14.2. The minimum Gasteiger partial charge on any atom is -0.302 e. The van der Waals surface area contributed by atoms with Crippen LogP contribution in [0.15, 0.2) is 12.1 Å². The Morgan fingerprint density at radius 1 is 1.24 bits per heavy atom. The molecule has 0 aliphatic carbocycles. The topological polar surface area (TPSA) is 37.4 Å². The largest absolute Gasteiger partial charge is 0.302 e. The van der Waals surface area contributed by atoms with Crippen LogP contribution >= 0.6 is 0 Å². The fraction of sp³-hybridized carbons (Fsp3) is 0.529. The maximum Gasteiger partial charge on any atom is 0.299 e. The average Bonchev–Trinajstić information content (AvgIpc) is 2.68. The van der Waals surface area contributed by atoms with E-state index in [2.05, 4.69) is 13.8 Å². The van der Waals surface area contributed by atoms with Gasteiger partial charge in [0.2, 0.25) is 0 Å². The zero-order chi connectivity index (χ0) is 15.6. The van der Waals surface area contributed by atoms with E-state index in [0.717, 1.165) is 25.7 Å². The van der Waals surface area contributed by atoms with Crippen LogP contribution in [0.5, 0.6) is 0 Å². The molecule has 0 spiro atoms. The van der Waals surface area contributed by atoms with Crippen molar-refractivity contribution in [1.82, 2.24) is 0 Å². The van der Waals surface area contributed by atoms with Gasteiger partial charge < -0.3 is 4.90 Å². The quantitative estimate of drug-likeness (QED) is 0.746. The van der Waals surface area contributed by atoms with Crippen LogP contribution in [0.1, 0.15) is 55.5 Å². The Morgan fingerprint density at radius 2 is 1.95 bits per heavy atom. The lowest BCUT2D eigenvalue weighted by Crippen LogP contribution is -2.34. The number of hydrogen-bond acceptors (Lipinski definition) is 2. The number of hydrogen-bond donors (Lipinski definition) is 0. The van der Waals surface area contributed by atoms with Gasteiger partial charge in [-0.1, -0.05) is 33.1 Å². The molecular formula is C17H22FNO2. The van der Waals surface area contributed by atoms with E-state index < -0.39 is 17.5 Å². The van der Waals surface area contributed by atoms with E-state index in [4.69, 9.17) is 0 Å². The summed E-state index contributed by atoms with van der Waals surface area (Å²) in [5.41, 5.74) is 1.04. The minimum absolute atomic E-state index is 0.172. The highest BCUT2D eigenvalue weighted by atomic mass is 19.1. The first-order chi connectivity index (χ1) is 9.99. The van der Waals surface area contributed by atoms with Crippen LogP contribution in [-0.2, 0) is 4.79 Å². The second kappa shape index (κ2) is 6.37. The second-order valence-corrected chi connectivity index (χ2v) is 5.80. The SMILES string of the molecule is CCCCC(CC)CN1C(=O)C(=O)c2cc(C)cc(F)c21. The number of aryl methyl sites for hydroxylation is 1. The number of ketones is 1. The number of rotatable bonds is 6. The molecule has 1 aromatic rings. The van der Waals surface area contributed by atoms with Gasteiger partial charge in [-0.3, -0.25) is 9.59 Å². The van der Waals surface area contributed by atoms with Crippen molar-refractivity contribution in [2.24, 2.45) is 5.92 Å². The van der Waals surface area contributed by atoms with Gasteiger partial charge in [-0.05, 0) is 37.0 Å². The number of halogens is 1. The predicted molar refractivity (Wildman–Crippen MR) is 81.1 cm³/mol. The summed E-state index contributed by atoms with van der Waals surface area (Å²) in [6.45, 7) is 6.33. The lowest BCUT2D eigenvalue weighted by molar-refractivity contribution is -0.114. The Hall–Kier alpha value is -1.71. The van der Waals surface area contributed by atoms with E-state index in [1.807, 2.05) is 0 Å². The first kappa shape index (κ1) is 15.7. The molecule has 3 nitrogen and oxygen atoms in total. The highest BCUT2D eigenvalue weighted by Crippen LogP contribution is 2.34. The minimum atomic E-state index is -0.593. The molecule has 2 rings (SSSR count). The molecule has 21 heavy (non-hydrogen) atoms. The summed E-state index contributed by atoms with van der Waals surface area (Å²) in [6.07, 6.45) is 4.08. The standard InChI is InChI=1S/C17H22FNO2/c1-4-6-7-12(5-2)10-19-15-13(16(20)17(19)21)8-11(3)9-14(15)18/h8-9,12H,4-7,10H2,1-3H3. The van der Waals surface area contributed by atoms with Crippen molar-refractivity contribution < 1.29 is 14.0 Å². The molecule has 0 saturated heterocycles. The summed E-state index contributed by atoms with van der Waals surface area (Å²) in [7, 11) is 0. The van der Waals surface area contributed by atoms with Crippen molar-refractivity contribution in [2.75, 3.05) is 11.4 Å². The van der Waals surface area contributed by atoms with Crippen LogP contribution in [0.4, 0.5) is 10.1 Å². The molecule has 114 valence electrons. The summed E-state index contributed by atoms with van der Waals surface area (Å²) in [5.74, 6) is -1.36. The fourth-order valence-electron chi connectivity index (χ4n) is 2.87. The van der Waals surface area contributed by atoms with Gasteiger partial charge in [0, 0.05) is 6.54 Å². The molecular weight excluding hydrogens is 269 g/mol. The Labute approximate surface area is 125 Å². The van der Waals surface area contributed by atoms with Gasteiger partial charge in [0.15, 0.2) is 0 Å². The number of carbonyl (C=O) groups is 2. The molecule has 0 radical (unpaired) electrons. The lowest BCUT2D eigenvalue weighted by Gasteiger charge is -2.23. The van der Waals surface area contributed by atoms with Crippen LogP contribution in [0.3, 0.4) is 0 Å². The van der Waals surface area contributed by atoms with Crippen molar-refractivity contribution in [2.45, 2.75) is 46.5 Å². The zero-order valence-electron chi connectivity index (χ0n) is 12.9. The lowest BCUT2D eigenvalue weighted by atomic mass is 9.98. The zero-order valence-corrected chi connectivity index (χ0v) is 12.9. The summed E-state index contributed by atoms with van der Waals surface area (Å²) in [6, 6.07) is 2.98. The molecule has 0 aromatic heterocycles. The number of fused-ring (bicyclic) bond motifs is 1. The Kier molecular flexibility index (Phi) is 4.76. The fourth-order valence-corrected chi connectivity index (χ4v) is 2.87. The van der Waals surface area contributed by atoms with Gasteiger partial charge in [0.05, 0.1) is 11.3 Å². The average molecular weight is 291 g/mol. The summed E-state index contributed by atoms with van der Waals surface area (Å²) in [5, 5.41) is 0. The number of amides is 1. The number of benzene rings is 1. The first-order valence-corrected chi connectivity index (χ1v) is 7.65. The van der Waals surface area contributed by atoms with Gasteiger partial charge >= 0.3 is 0 Å². The van der Waals surface area contributed by atoms with Gasteiger partial charge in [-0.25, -0.2) is 4.39 Å². The van der Waals surface area contributed by atoms with Gasteiger partial charge in [0.1, 0.15) is 5.82 Å². The molecule has 1 aromatic carbocycles. The number of unbranched alkanes of at least 4 members (excludes halogenated alkanes) is 1. The molecule has 4 heteroatoms. The molecule has 0 fully saturated rings. The third-order valence-corrected chi connectivity index (χ3v) is 4.15. The van der Waals surface area contributed by atoms with Gasteiger partial charge in [-0.2, -0.15) is 0 Å². The van der Waals surface area contributed by atoms with Crippen molar-refractivity contribution in [3.63, 3.8) is 0 Å². The van der Waals surface area contributed by atoms with Crippen LogP contribution in [0, 0.1) is 18.7 Å². The highest BCUT2D eigenvalue weighted by Gasteiger charge is 2.38. The molecule has 1 unspecified atom stereocenters. The van der Waals surface area contributed by atoms with Crippen LogP contribution < -0.4 is 4.90 Å². The van der Waals surface area contributed by atoms with Gasteiger partial charge in [0.25, 0.3) is 11.7 Å². The second-order valence-electron chi connectivity index (χ2n) is 5.80. The Bertz CT molecular complexity index is 568. The molecule has 1 amide bonds. The first-order valence-electron chi connectivity index (χ1n) is 7.65. The Balaban J connectivity index is 2.30. The molecule has 1 heterocycles. The number of carbonyl (C=O) groups excluding carboxylic acids is 2. The molecule has 0 saturated carbocycles. The van der Waals surface area contributed by atoms with Crippen LogP contribution in [-0.4, -0.2) is 18.2 Å². The van der Waals surface area contributed by atoms with Crippen LogP contribution in [0.2, 0.25) is 0 Å². The highest BCUT2D eigenvalue weighted by molar-refractivity contribution is 6.52. The van der Waals surface area contributed by atoms with E-state index in [0.29, 0.717) is 18.0 Å². The van der Waals surface area contributed by atoms with E-state index in [-0.39, 0.29) is 11.3 Å². The van der Waals surface area contributed by atoms with E-state index in [1.54, 1.807) is 13.0 Å². The number of Topliss-reactive ketones (excluding diaryl/α,β-unsaturated/α-hetero) is 1. The third kappa shape index (κ3) is 2.99. The summed E-state index contributed by atoms with van der Waals surface area (Å²) in [4.78, 5) is 25.5. The molecule has 1 aliphatic heterocycles. The normalized spacial score (nSPS) is 15.5. The maximum atomic E-state index is 14.2. The summed E-state index contributed by atoms with van der Waals surface area (Å²) >= 11 is 0. The van der Waals surface area contributed by atoms with Crippen molar-refractivity contribution in [3.05, 3.63) is 29.1 Å². The Morgan fingerprint density at radius 3 is 2.57 bits per heavy atom. The molecule has 0 bridgehead atoms. The molecule has 1 atom stereocenters. The van der Waals surface area contributed by atoms with Gasteiger partial charge in [-0.15, -0.1) is 0 Å². The van der Waals surface area contributed by atoms with Crippen molar-refractivity contribution >= 4 is 17.4 Å². The molecule has 0 N–H and O–H groups in total. The van der Waals surface area contributed by atoms with Crippen LogP contribution in [0.25, 0.3) is 0 Å². The van der Waals surface area contributed by atoms with Crippen molar-refractivity contribution in [1.29, 1.82) is 0 Å². The monoisotopic (exact) mass is 291 g/mol. The van der Waals surface area contributed by atoms with E-state index in [9.17, 15) is 14.0 Å². The predicted octanol–water partition coefficient (Wildman–Crippen LogP) is 3.88. The smallest absolute Gasteiger partial charge is 0.299 e.